The highest BCUT2D eigenvalue weighted by molar-refractivity contribution is 6.33. The zero-order chi connectivity index (χ0) is 13.8. The molecule has 0 saturated carbocycles. The summed E-state index contributed by atoms with van der Waals surface area (Å²) in [5.41, 5.74) is 9.72. The zero-order valence-electron chi connectivity index (χ0n) is 10.9. The lowest BCUT2D eigenvalue weighted by Gasteiger charge is -2.13. The number of benzene rings is 2. The van der Waals surface area contributed by atoms with E-state index in [2.05, 4.69) is 31.2 Å². The van der Waals surface area contributed by atoms with Crippen LogP contribution in [0.15, 0.2) is 42.5 Å². The lowest BCUT2D eigenvalue weighted by molar-refractivity contribution is 0.665. The van der Waals surface area contributed by atoms with Gasteiger partial charge in [0.1, 0.15) is 0 Å². The van der Waals surface area contributed by atoms with Gasteiger partial charge in [-0.15, -0.1) is 0 Å². The molecule has 0 heterocycles. The third-order valence-corrected chi connectivity index (χ3v) is 3.67. The summed E-state index contributed by atoms with van der Waals surface area (Å²) in [5.74, 6) is 0. The van der Waals surface area contributed by atoms with Crippen LogP contribution < -0.4 is 5.73 Å². The summed E-state index contributed by atoms with van der Waals surface area (Å²) in [7, 11) is 0. The van der Waals surface area contributed by atoms with Gasteiger partial charge in [0.05, 0.1) is 0 Å². The molecule has 1 nitrogen and oxygen atoms in total. The van der Waals surface area contributed by atoms with Crippen LogP contribution in [0.1, 0.15) is 16.7 Å². The number of aryl methyl sites for hydroxylation is 1. The highest BCUT2D eigenvalue weighted by Gasteiger charge is 2.09. The number of hydrogen-bond acceptors (Lipinski definition) is 1. The van der Waals surface area contributed by atoms with E-state index in [0.717, 1.165) is 23.4 Å². The number of halogens is 2. The first-order valence-electron chi connectivity index (χ1n) is 6.29. The van der Waals surface area contributed by atoms with Crippen molar-refractivity contribution in [2.45, 2.75) is 25.8 Å². The first-order chi connectivity index (χ1) is 9.04. The van der Waals surface area contributed by atoms with Gasteiger partial charge in [-0.1, -0.05) is 53.0 Å². The minimum atomic E-state index is 0.0396. The molecule has 0 amide bonds. The van der Waals surface area contributed by atoms with Gasteiger partial charge in [0.15, 0.2) is 0 Å². The maximum Gasteiger partial charge on any atom is 0.0439 e. The van der Waals surface area contributed by atoms with Crippen LogP contribution in [0.3, 0.4) is 0 Å². The maximum atomic E-state index is 6.21. The Morgan fingerprint density at radius 2 is 1.84 bits per heavy atom. The first-order valence-corrected chi connectivity index (χ1v) is 7.05. The van der Waals surface area contributed by atoms with Crippen molar-refractivity contribution in [3.8, 4) is 0 Å². The average Bonchev–Trinajstić information content (AvgIpc) is 2.34. The van der Waals surface area contributed by atoms with Gasteiger partial charge < -0.3 is 5.73 Å². The summed E-state index contributed by atoms with van der Waals surface area (Å²) in [4.78, 5) is 0. The van der Waals surface area contributed by atoms with Crippen molar-refractivity contribution in [2.75, 3.05) is 0 Å². The van der Waals surface area contributed by atoms with Gasteiger partial charge in [0.2, 0.25) is 0 Å². The fourth-order valence-electron chi connectivity index (χ4n) is 2.20. The monoisotopic (exact) mass is 293 g/mol. The van der Waals surface area contributed by atoms with Gasteiger partial charge in [0, 0.05) is 16.1 Å². The SMILES string of the molecule is Cc1cccc(CC(N)Cc2cc(Cl)ccc2Cl)c1. The minimum absolute atomic E-state index is 0.0396. The fraction of sp³-hybridized carbons (Fsp3) is 0.250. The average molecular weight is 294 g/mol. The minimum Gasteiger partial charge on any atom is -0.327 e. The van der Waals surface area contributed by atoms with E-state index in [0.29, 0.717) is 5.02 Å². The Balaban J connectivity index is 2.05. The third kappa shape index (κ3) is 4.24. The maximum absolute atomic E-state index is 6.21. The topological polar surface area (TPSA) is 26.0 Å². The van der Waals surface area contributed by atoms with Crippen molar-refractivity contribution in [3.63, 3.8) is 0 Å². The third-order valence-electron chi connectivity index (χ3n) is 3.07. The summed E-state index contributed by atoms with van der Waals surface area (Å²) in [5, 5.41) is 1.42. The van der Waals surface area contributed by atoms with Crippen LogP contribution in [-0.4, -0.2) is 6.04 Å². The van der Waals surface area contributed by atoms with Gasteiger partial charge in [0.25, 0.3) is 0 Å². The molecule has 0 saturated heterocycles. The summed E-state index contributed by atoms with van der Waals surface area (Å²) < 4.78 is 0. The van der Waals surface area contributed by atoms with E-state index >= 15 is 0 Å². The number of hydrogen-bond donors (Lipinski definition) is 1. The second-order valence-electron chi connectivity index (χ2n) is 4.89. The van der Waals surface area contributed by atoms with Crippen LogP contribution in [0.5, 0.6) is 0 Å². The predicted molar refractivity (Wildman–Crippen MR) is 83.0 cm³/mol. The van der Waals surface area contributed by atoms with Crippen LogP contribution in [0.4, 0.5) is 0 Å². The molecule has 0 aromatic heterocycles. The smallest absolute Gasteiger partial charge is 0.0439 e. The largest absolute Gasteiger partial charge is 0.327 e. The molecule has 0 spiro atoms. The number of rotatable bonds is 4. The molecular formula is C16H17Cl2N. The van der Waals surface area contributed by atoms with E-state index in [1.807, 2.05) is 12.1 Å². The molecule has 100 valence electrons. The van der Waals surface area contributed by atoms with Crippen LogP contribution in [-0.2, 0) is 12.8 Å². The molecule has 2 aromatic carbocycles. The van der Waals surface area contributed by atoms with Gasteiger partial charge >= 0.3 is 0 Å². The zero-order valence-corrected chi connectivity index (χ0v) is 12.4. The highest BCUT2D eigenvalue weighted by Crippen LogP contribution is 2.22. The Kier molecular flexibility index (Phi) is 4.87. The van der Waals surface area contributed by atoms with E-state index in [1.165, 1.54) is 11.1 Å². The van der Waals surface area contributed by atoms with Crippen molar-refractivity contribution >= 4 is 23.2 Å². The van der Waals surface area contributed by atoms with Gasteiger partial charge in [-0.25, -0.2) is 0 Å². The lowest BCUT2D eigenvalue weighted by atomic mass is 9.99. The predicted octanol–water partition coefficient (Wildman–Crippen LogP) is 4.41. The van der Waals surface area contributed by atoms with Crippen molar-refractivity contribution in [1.82, 2.24) is 0 Å². The van der Waals surface area contributed by atoms with Gasteiger partial charge in [-0.05, 0) is 49.1 Å². The number of nitrogens with two attached hydrogens (primary N) is 1. The van der Waals surface area contributed by atoms with E-state index in [4.69, 9.17) is 28.9 Å². The summed E-state index contributed by atoms with van der Waals surface area (Å²) in [6, 6.07) is 14.0. The molecule has 2 aromatic rings. The molecule has 0 aliphatic heterocycles. The molecular weight excluding hydrogens is 277 g/mol. The Bertz CT molecular complexity index is 566. The second-order valence-corrected chi connectivity index (χ2v) is 5.74. The summed E-state index contributed by atoms with van der Waals surface area (Å²) in [6.07, 6.45) is 1.57. The van der Waals surface area contributed by atoms with E-state index in [-0.39, 0.29) is 6.04 Å². The van der Waals surface area contributed by atoms with Crippen LogP contribution in [0, 0.1) is 6.92 Å². The first kappa shape index (κ1) is 14.4. The Morgan fingerprint density at radius 1 is 1.05 bits per heavy atom. The second kappa shape index (κ2) is 6.42. The van der Waals surface area contributed by atoms with Crippen LogP contribution in [0.2, 0.25) is 10.0 Å². The lowest BCUT2D eigenvalue weighted by Crippen LogP contribution is -2.25. The normalized spacial score (nSPS) is 12.4. The molecule has 19 heavy (non-hydrogen) atoms. The Morgan fingerprint density at radius 3 is 2.58 bits per heavy atom. The molecule has 1 atom stereocenters. The molecule has 0 fully saturated rings. The summed E-state index contributed by atoms with van der Waals surface area (Å²) in [6.45, 7) is 2.09. The van der Waals surface area contributed by atoms with Crippen LogP contribution in [0.25, 0.3) is 0 Å². The molecule has 0 bridgehead atoms. The molecule has 3 heteroatoms. The Labute approximate surface area is 124 Å². The quantitative estimate of drug-likeness (QED) is 0.887. The van der Waals surface area contributed by atoms with E-state index < -0.39 is 0 Å². The summed E-state index contributed by atoms with van der Waals surface area (Å²) >= 11 is 12.1. The molecule has 0 aliphatic carbocycles. The molecule has 2 N–H and O–H groups in total. The van der Waals surface area contributed by atoms with Gasteiger partial charge in [-0.3, -0.25) is 0 Å². The fourth-order valence-corrected chi connectivity index (χ4v) is 2.59. The molecule has 2 rings (SSSR count). The highest BCUT2D eigenvalue weighted by atomic mass is 35.5. The van der Waals surface area contributed by atoms with Crippen molar-refractivity contribution < 1.29 is 0 Å². The standard InChI is InChI=1S/C16H17Cl2N/c1-11-3-2-4-12(7-11)8-15(19)10-13-9-14(17)5-6-16(13)18/h2-7,9,15H,8,10,19H2,1H3. The van der Waals surface area contributed by atoms with Crippen molar-refractivity contribution in [2.24, 2.45) is 5.73 Å². The van der Waals surface area contributed by atoms with Crippen molar-refractivity contribution in [3.05, 3.63) is 69.2 Å². The van der Waals surface area contributed by atoms with Crippen LogP contribution >= 0.6 is 23.2 Å². The molecule has 1 unspecified atom stereocenters. The Hall–Kier alpha value is -1.02. The van der Waals surface area contributed by atoms with Gasteiger partial charge in [-0.2, -0.15) is 0 Å². The molecule has 0 radical (unpaired) electrons. The van der Waals surface area contributed by atoms with E-state index in [1.54, 1.807) is 6.07 Å². The van der Waals surface area contributed by atoms with E-state index in [9.17, 15) is 0 Å². The van der Waals surface area contributed by atoms with Crippen molar-refractivity contribution in [1.29, 1.82) is 0 Å². The molecule has 0 aliphatic rings.